The van der Waals surface area contributed by atoms with Crippen LogP contribution in [0, 0.1) is 0 Å². The van der Waals surface area contributed by atoms with Crippen molar-refractivity contribution in [3.63, 3.8) is 0 Å². The van der Waals surface area contributed by atoms with E-state index in [1.54, 1.807) is 0 Å². The third-order valence-electron chi connectivity index (χ3n) is 5.54. The van der Waals surface area contributed by atoms with Crippen molar-refractivity contribution in [2.45, 2.75) is 19.6 Å². The summed E-state index contributed by atoms with van der Waals surface area (Å²) in [6.07, 6.45) is 0. The molecule has 42 heavy (non-hydrogen) atoms. The molecule has 0 aliphatic carbocycles. The molecule has 0 spiro atoms. The van der Waals surface area contributed by atoms with Gasteiger partial charge in [0.2, 0.25) is 0 Å². The van der Waals surface area contributed by atoms with Gasteiger partial charge in [-0.15, -0.1) is 12.9 Å². The average Bonchev–Trinajstić information content (AvgIpc) is 2.81. The second kappa shape index (κ2) is 10.4. The van der Waals surface area contributed by atoms with Crippen LogP contribution in [0.25, 0.3) is 21.5 Å². The third-order valence-corrected chi connectivity index (χ3v) is 9.75. The van der Waals surface area contributed by atoms with Crippen LogP contribution in [-0.2, 0) is 53.3 Å². The van der Waals surface area contributed by atoms with Gasteiger partial charge in [0.05, 0.1) is 15.7 Å². The summed E-state index contributed by atoms with van der Waals surface area (Å²) in [5, 5.41) is 38.2. The fourth-order valence-corrected chi connectivity index (χ4v) is 6.96. The van der Waals surface area contributed by atoms with Gasteiger partial charge in [0, 0.05) is 18.2 Å². The van der Waals surface area contributed by atoms with Crippen LogP contribution in [-0.4, -0.2) is 64.0 Å². The first-order chi connectivity index (χ1) is 18.8. The molecule has 0 saturated heterocycles. The van der Waals surface area contributed by atoms with Gasteiger partial charge in [-0.1, -0.05) is 0 Å². The van der Waals surface area contributed by atoms with Gasteiger partial charge in [-0.25, -0.2) is 8.42 Å². The molecule has 1 aliphatic rings. The first-order valence-corrected chi connectivity index (χ1v) is 16.0. The van der Waals surface area contributed by atoms with E-state index in [-0.39, 0.29) is 40.3 Å². The van der Waals surface area contributed by atoms with Gasteiger partial charge in [0.1, 0.15) is 53.2 Å². The molecule has 4 aromatic rings. The van der Waals surface area contributed by atoms with E-state index in [4.69, 9.17) is 0 Å². The topological polar surface area (TPSA) is 271 Å². The Bertz CT molecular complexity index is 2180. The summed E-state index contributed by atoms with van der Waals surface area (Å²) in [5.41, 5.74) is 0. The summed E-state index contributed by atoms with van der Waals surface area (Å²) in [4.78, 5) is -3.83. The molecule has 22 heteroatoms. The predicted octanol–water partition coefficient (Wildman–Crippen LogP) is -2.40. The van der Waals surface area contributed by atoms with E-state index >= 15 is 0 Å². The Labute approximate surface area is 258 Å². The van der Waals surface area contributed by atoms with Crippen molar-refractivity contribution < 1.29 is 101 Å². The molecule has 1 heterocycles. The molecule has 3 bridgehead atoms. The summed E-state index contributed by atoms with van der Waals surface area (Å²) in [5.74, 6) is -3.55. The normalized spacial score (nSPS) is 16.9. The molecule has 0 atom stereocenters. The van der Waals surface area contributed by atoms with Crippen molar-refractivity contribution >= 4 is 62.0 Å². The number of aromatic hydroxyl groups is 4. The van der Waals surface area contributed by atoms with Gasteiger partial charge in [-0.05, 0) is 41.1 Å². The van der Waals surface area contributed by atoms with E-state index in [9.17, 15) is 58.7 Å². The molecule has 5 rings (SSSR count). The SMILES string of the molecule is O=S(=O)([O-])c1cc(O)c2c(O)cc(S(=O)(=O)ON3OS(=O)(=O)c4cc(O)c5c(O)cc(cc5c4)S(=O)(=O)O3)cc2c1.[Na+]. The van der Waals surface area contributed by atoms with Crippen molar-refractivity contribution in [3.05, 3.63) is 48.5 Å². The first kappa shape index (κ1) is 32.1. The Morgan fingerprint density at radius 2 is 1.02 bits per heavy atom. The maximum atomic E-state index is 13.0. The summed E-state index contributed by atoms with van der Waals surface area (Å²) in [6.45, 7) is 0. The van der Waals surface area contributed by atoms with Gasteiger partial charge in [-0.2, -0.15) is 25.3 Å². The van der Waals surface area contributed by atoms with Crippen molar-refractivity contribution in [2.24, 2.45) is 0 Å². The van der Waals surface area contributed by atoms with Gasteiger partial charge in [0.15, 0.2) is 0 Å². The van der Waals surface area contributed by atoms with Crippen LogP contribution in [0.3, 0.4) is 0 Å². The zero-order valence-corrected chi connectivity index (χ0v) is 25.7. The Morgan fingerprint density at radius 1 is 0.643 bits per heavy atom. The Morgan fingerprint density at radius 3 is 1.48 bits per heavy atom. The second-order valence-corrected chi connectivity index (χ2v) is 14.2. The fraction of sp³-hybridized carbons (Fsp3) is 0. The van der Waals surface area contributed by atoms with Crippen LogP contribution in [0.2, 0.25) is 0 Å². The monoisotopic (exact) mass is 673 g/mol. The van der Waals surface area contributed by atoms with Crippen LogP contribution in [0.15, 0.2) is 68.1 Å². The Balaban J connectivity index is 0.00000405. The fourth-order valence-electron chi connectivity index (χ4n) is 3.82. The number of phenolic OH excluding ortho intramolecular Hbond substituents is 4. The van der Waals surface area contributed by atoms with Crippen LogP contribution in [0.5, 0.6) is 23.0 Å². The van der Waals surface area contributed by atoms with E-state index in [0.29, 0.717) is 36.4 Å². The predicted molar refractivity (Wildman–Crippen MR) is 129 cm³/mol. The molecule has 0 fully saturated rings. The molecule has 4 N–H and O–H groups in total. The van der Waals surface area contributed by atoms with Crippen LogP contribution >= 0.6 is 0 Å². The Hall–Kier alpha value is -2.80. The molecular weight excluding hydrogens is 661 g/mol. The van der Waals surface area contributed by atoms with E-state index in [2.05, 4.69) is 12.9 Å². The first-order valence-electron chi connectivity index (χ1n) is 10.4. The Kier molecular flexibility index (Phi) is 7.97. The van der Waals surface area contributed by atoms with Crippen LogP contribution in [0.4, 0.5) is 0 Å². The summed E-state index contributed by atoms with van der Waals surface area (Å²) in [7, 11) is -21.1. The van der Waals surface area contributed by atoms with Crippen LogP contribution in [0.1, 0.15) is 0 Å². The zero-order chi connectivity index (χ0) is 30.3. The van der Waals surface area contributed by atoms with Crippen molar-refractivity contribution in [1.29, 1.82) is 0 Å². The van der Waals surface area contributed by atoms with Crippen molar-refractivity contribution in [1.82, 2.24) is 5.39 Å². The molecular formula is C20H12NNaO16S4. The summed E-state index contributed by atoms with van der Waals surface area (Å²) >= 11 is 0. The summed E-state index contributed by atoms with van der Waals surface area (Å²) in [6, 6.07) is 4.89. The van der Waals surface area contributed by atoms with E-state index < -0.39 is 99.2 Å². The van der Waals surface area contributed by atoms with Gasteiger partial charge in [-0.3, -0.25) is 0 Å². The van der Waals surface area contributed by atoms with Gasteiger partial charge < -0.3 is 25.0 Å². The zero-order valence-electron chi connectivity index (χ0n) is 20.4. The molecule has 0 unspecified atom stereocenters. The number of fused-ring (bicyclic) bond motifs is 3. The minimum absolute atomic E-state index is 0. The molecule has 0 amide bonds. The molecule has 218 valence electrons. The number of nitrogens with zero attached hydrogens (tertiary/aromatic N) is 1. The largest absolute Gasteiger partial charge is 1.00 e. The minimum atomic E-state index is -5.44. The van der Waals surface area contributed by atoms with Crippen molar-refractivity contribution in [3.8, 4) is 23.0 Å². The summed E-state index contributed by atoms with van der Waals surface area (Å²) < 4.78 is 125. The standard InChI is InChI=1S/C20H13NO16S4.Na/c22-15-5-11(38(26,27)28)1-9-2-12(6-16(23)19(9)15)39(29,30)35-21-36-40(31,32)13-3-10-4-14(41(33,34)37-21)8-18(25)20(10)17(24)7-13;/h1-8,22-25H,(H,26,27,28);/q;+1/p-1. The number of benzene rings is 4. The molecule has 0 saturated carbocycles. The molecule has 0 aromatic heterocycles. The van der Waals surface area contributed by atoms with Gasteiger partial charge in [0.25, 0.3) is 0 Å². The van der Waals surface area contributed by atoms with Gasteiger partial charge >= 0.3 is 59.9 Å². The number of rotatable bonds is 4. The number of phenols is 4. The molecule has 17 nitrogen and oxygen atoms in total. The molecule has 4 aromatic carbocycles. The van der Waals surface area contributed by atoms with Crippen molar-refractivity contribution in [2.75, 3.05) is 0 Å². The molecule has 0 radical (unpaired) electrons. The maximum absolute atomic E-state index is 13.0. The van der Waals surface area contributed by atoms with E-state index in [0.717, 1.165) is 12.1 Å². The minimum Gasteiger partial charge on any atom is -0.744 e. The van der Waals surface area contributed by atoms with E-state index in [1.165, 1.54) is 0 Å². The van der Waals surface area contributed by atoms with E-state index in [1.807, 2.05) is 0 Å². The number of hydrogen-bond donors (Lipinski definition) is 4. The molecule has 1 aliphatic heterocycles. The third kappa shape index (κ3) is 5.73. The second-order valence-electron chi connectivity index (χ2n) is 8.23. The number of hydrogen-bond acceptors (Lipinski definition) is 17. The maximum Gasteiger partial charge on any atom is 1.00 e. The average molecular weight is 674 g/mol. The smallest absolute Gasteiger partial charge is 0.744 e. The van der Waals surface area contributed by atoms with Crippen LogP contribution < -0.4 is 29.6 Å². The quantitative estimate of drug-likeness (QED) is 0.130.